The van der Waals surface area contributed by atoms with Gasteiger partial charge in [0.1, 0.15) is 0 Å². The number of carbonyl (C=O) groups excluding carboxylic acids is 1. The number of benzene rings is 2. The van der Waals surface area contributed by atoms with Crippen LogP contribution in [-0.2, 0) is 11.2 Å². The molecule has 0 bridgehead atoms. The molecule has 2 nitrogen and oxygen atoms in total. The minimum atomic E-state index is -0.123. The molecule has 1 N–H and O–H groups in total. The molecule has 0 radical (unpaired) electrons. The summed E-state index contributed by atoms with van der Waals surface area (Å²) in [7, 11) is 0. The van der Waals surface area contributed by atoms with Crippen molar-refractivity contribution < 1.29 is 4.79 Å². The zero-order valence-electron chi connectivity index (χ0n) is 10.4. The number of carbonyl (C=O) groups is 1. The molecule has 2 aromatic rings. The molecule has 0 saturated carbocycles. The molecule has 5 heteroatoms. The van der Waals surface area contributed by atoms with Crippen LogP contribution in [0.2, 0.25) is 10.0 Å². The van der Waals surface area contributed by atoms with E-state index in [1.54, 1.807) is 30.0 Å². The largest absolute Gasteiger partial charge is 0.324 e. The maximum atomic E-state index is 12.3. The topological polar surface area (TPSA) is 29.1 Å². The minimum Gasteiger partial charge on any atom is -0.324 e. The number of fused-ring (bicyclic) bond motifs is 1. The SMILES string of the molecule is O=C(Nc1cccc(Cl)c1Cl)C1Cc2ccccc2S1. The number of hydrogen-bond donors (Lipinski definition) is 1. The van der Waals surface area contributed by atoms with E-state index in [-0.39, 0.29) is 11.2 Å². The predicted octanol–water partition coefficient (Wildman–Crippen LogP) is 4.65. The number of halogens is 2. The first-order chi connectivity index (χ1) is 9.65. The summed E-state index contributed by atoms with van der Waals surface area (Å²) < 4.78 is 0. The fourth-order valence-electron chi connectivity index (χ4n) is 2.14. The number of anilines is 1. The fourth-order valence-corrected chi connectivity index (χ4v) is 3.68. The van der Waals surface area contributed by atoms with Crippen LogP contribution in [0, 0.1) is 0 Å². The highest BCUT2D eigenvalue weighted by molar-refractivity contribution is 8.01. The summed E-state index contributed by atoms with van der Waals surface area (Å²) in [6.45, 7) is 0. The molecule has 20 heavy (non-hydrogen) atoms. The van der Waals surface area contributed by atoms with Crippen molar-refractivity contribution in [2.45, 2.75) is 16.6 Å². The lowest BCUT2D eigenvalue weighted by molar-refractivity contribution is -0.115. The molecular weight excluding hydrogens is 313 g/mol. The van der Waals surface area contributed by atoms with Crippen LogP contribution >= 0.6 is 35.0 Å². The van der Waals surface area contributed by atoms with Gasteiger partial charge in [0.15, 0.2) is 0 Å². The fraction of sp³-hybridized carbons (Fsp3) is 0.133. The summed E-state index contributed by atoms with van der Waals surface area (Å²) in [5, 5.41) is 3.54. The maximum Gasteiger partial charge on any atom is 0.238 e. The normalized spacial score (nSPS) is 16.8. The molecule has 3 rings (SSSR count). The van der Waals surface area contributed by atoms with Crippen LogP contribution in [0.4, 0.5) is 5.69 Å². The van der Waals surface area contributed by atoms with Gasteiger partial charge in [-0.05, 0) is 30.2 Å². The highest BCUT2D eigenvalue weighted by Crippen LogP contribution is 2.38. The van der Waals surface area contributed by atoms with Gasteiger partial charge in [0, 0.05) is 4.90 Å². The van der Waals surface area contributed by atoms with Gasteiger partial charge in [-0.15, -0.1) is 11.8 Å². The van der Waals surface area contributed by atoms with Gasteiger partial charge in [-0.2, -0.15) is 0 Å². The van der Waals surface area contributed by atoms with Crippen LogP contribution in [0.25, 0.3) is 0 Å². The van der Waals surface area contributed by atoms with E-state index in [4.69, 9.17) is 23.2 Å². The maximum absolute atomic E-state index is 12.3. The monoisotopic (exact) mass is 323 g/mol. The van der Waals surface area contributed by atoms with E-state index in [2.05, 4.69) is 11.4 Å². The van der Waals surface area contributed by atoms with Crippen molar-refractivity contribution in [3.05, 3.63) is 58.1 Å². The van der Waals surface area contributed by atoms with E-state index in [0.29, 0.717) is 15.7 Å². The molecular formula is C15H11Cl2NOS. The lowest BCUT2D eigenvalue weighted by atomic mass is 10.1. The third-order valence-corrected chi connectivity index (χ3v) is 5.29. The molecule has 1 atom stereocenters. The summed E-state index contributed by atoms with van der Waals surface area (Å²) >= 11 is 13.6. The van der Waals surface area contributed by atoms with E-state index in [9.17, 15) is 4.79 Å². The van der Waals surface area contributed by atoms with Crippen LogP contribution in [0.5, 0.6) is 0 Å². The summed E-state index contributed by atoms with van der Waals surface area (Å²) in [5.41, 5.74) is 1.77. The van der Waals surface area contributed by atoms with Crippen molar-refractivity contribution in [3.8, 4) is 0 Å². The number of thioether (sulfide) groups is 1. The molecule has 1 amide bonds. The van der Waals surface area contributed by atoms with Crippen LogP contribution < -0.4 is 5.32 Å². The van der Waals surface area contributed by atoms with Gasteiger partial charge in [-0.25, -0.2) is 0 Å². The van der Waals surface area contributed by atoms with Gasteiger partial charge in [-0.1, -0.05) is 47.5 Å². The summed E-state index contributed by atoms with van der Waals surface area (Å²) in [4.78, 5) is 13.5. The highest BCUT2D eigenvalue weighted by atomic mass is 35.5. The molecule has 0 aliphatic carbocycles. The van der Waals surface area contributed by atoms with Gasteiger partial charge in [0.25, 0.3) is 0 Å². The Morgan fingerprint density at radius 3 is 2.75 bits per heavy atom. The van der Waals surface area contributed by atoms with Crippen LogP contribution in [0.1, 0.15) is 5.56 Å². The Kier molecular flexibility index (Phi) is 3.92. The predicted molar refractivity (Wildman–Crippen MR) is 84.9 cm³/mol. The molecule has 1 aliphatic rings. The van der Waals surface area contributed by atoms with Crippen LogP contribution in [0.3, 0.4) is 0 Å². The molecule has 0 aromatic heterocycles. The average Bonchev–Trinajstić information content (AvgIpc) is 2.88. The Morgan fingerprint density at radius 1 is 1.15 bits per heavy atom. The van der Waals surface area contributed by atoms with Crippen molar-refractivity contribution in [1.82, 2.24) is 0 Å². The number of rotatable bonds is 2. The second kappa shape index (κ2) is 5.68. The Morgan fingerprint density at radius 2 is 1.95 bits per heavy atom. The van der Waals surface area contributed by atoms with E-state index >= 15 is 0 Å². The standard InChI is InChI=1S/C15H11Cl2NOS/c16-10-5-3-6-11(14(10)17)18-15(19)13-8-9-4-1-2-7-12(9)20-13/h1-7,13H,8H2,(H,18,19). The number of amides is 1. The first kappa shape index (κ1) is 13.8. The smallest absolute Gasteiger partial charge is 0.238 e. The van der Waals surface area contributed by atoms with Gasteiger partial charge in [0.05, 0.1) is 21.0 Å². The number of nitrogens with one attached hydrogen (secondary N) is 1. The zero-order chi connectivity index (χ0) is 14.1. The molecule has 2 aromatic carbocycles. The van der Waals surface area contributed by atoms with Gasteiger partial charge in [-0.3, -0.25) is 4.79 Å². The quantitative estimate of drug-likeness (QED) is 0.871. The van der Waals surface area contributed by atoms with E-state index < -0.39 is 0 Å². The van der Waals surface area contributed by atoms with Gasteiger partial charge in [0.2, 0.25) is 5.91 Å². The Hall–Kier alpha value is -1.16. The van der Waals surface area contributed by atoms with Crippen molar-refractivity contribution in [1.29, 1.82) is 0 Å². The zero-order valence-corrected chi connectivity index (χ0v) is 12.7. The summed E-state index contributed by atoms with van der Waals surface area (Å²) in [6, 6.07) is 13.3. The molecule has 1 unspecified atom stereocenters. The van der Waals surface area contributed by atoms with E-state index in [1.165, 1.54) is 10.5 Å². The Bertz CT molecular complexity index is 650. The van der Waals surface area contributed by atoms with E-state index in [1.807, 2.05) is 18.2 Å². The summed E-state index contributed by atoms with van der Waals surface area (Å²) in [5.74, 6) is -0.0460. The minimum absolute atomic E-state index is 0.0460. The molecule has 102 valence electrons. The van der Waals surface area contributed by atoms with Crippen LogP contribution in [0.15, 0.2) is 47.4 Å². The highest BCUT2D eigenvalue weighted by Gasteiger charge is 2.28. The first-order valence-corrected chi connectivity index (χ1v) is 7.78. The molecule has 0 saturated heterocycles. The van der Waals surface area contributed by atoms with Crippen molar-refractivity contribution in [3.63, 3.8) is 0 Å². The molecule has 1 aliphatic heterocycles. The first-order valence-electron chi connectivity index (χ1n) is 6.14. The van der Waals surface area contributed by atoms with Gasteiger partial charge >= 0.3 is 0 Å². The molecule has 0 spiro atoms. The van der Waals surface area contributed by atoms with Gasteiger partial charge < -0.3 is 5.32 Å². The third kappa shape index (κ3) is 2.66. The second-order valence-electron chi connectivity index (χ2n) is 4.51. The Labute approximate surface area is 131 Å². The average molecular weight is 324 g/mol. The van der Waals surface area contributed by atoms with Crippen molar-refractivity contribution >= 4 is 46.6 Å². The lowest BCUT2D eigenvalue weighted by Gasteiger charge is -2.11. The molecule has 0 fully saturated rings. The third-order valence-electron chi connectivity index (χ3n) is 3.15. The number of hydrogen-bond acceptors (Lipinski definition) is 2. The van der Waals surface area contributed by atoms with E-state index in [0.717, 1.165) is 6.42 Å². The summed E-state index contributed by atoms with van der Waals surface area (Å²) in [6.07, 6.45) is 0.741. The van der Waals surface area contributed by atoms with Crippen molar-refractivity contribution in [2.75, 3.05) is 5.32 Å². The molecule has 1 heterocycles. The lowest BCUT2D eigenvalue weighted by Crippen LogP contribution is -2.24. The second-order valence-corrected chi connectivity index (χ2v) is 6.54. The van der Waals surface area contributed by atoms with Crippen LogP contribution in [-0.4, -0.2) is 11.2 Å². The van der Waals surface area contributed by atoms with Crippen molar-refractivity contribution in [2.24, 2.45) is 0 Å². The Balaban J connectivity index is 1.74.